The number of rotatable bonds is 14. The first-order chi connectivity index (χ1) is 30.9. The van der Waals surface area contributed by atoms with E-state index in [0.717, 1.165) is 75.7 Å². The molecule has 0 aliphatic carbocycles. The Morgan fingerprint density at radius 3 is 2.42 bits per heavy atom. The molecule has 3 fully saturated rings. The maximum Gasteiger partial charge on any atom is 0.255 e. The Morgan fingerprint density at radius 1 is 0.922 bits per heavy atom. The van der Waals surface area contributed by atoms with Crippen LogP contribution in [0.1, 0.15) is 99.0 Å². The van der Waals surface area contributed by atoms with Crippen LogP contribution in [0.5, 0.6) is 5.75 Å². The Balaban J connectivity index is 0.802. The van der Waals surface area contributed by atoms with E-state index in [9.17, 15) is 23.6 Å². The minimum absolute atomic E-state index is 0.00470. The Kier molecular flexibility index (Phi) is 13.9. The molecule has 1 unspecified atom stereocenters. The van der Waals surface area contributed by atoms with Crippen molar-refractivity contribution in [3.05, 3.63) is 93.5 Å². The summed E-state index contributed by atoms with van der Waals surface area (Å²) in [5, 5.41) is 2.72. The van der Waals surface area contributed by atoms with Crippen molar-refractivity contribution in [3.8, 4) is 16.9 Å². The fourth-order valence-corrected chi connectivity index (χ4v) is 9.88. The zero-order chi connectivity index (χ0) is 45.1. The van der Waals surface area contributed by atoms with E-state index in [4.69, 9.17) is 16.3 Å². The molecule has 8 rings (SSSR count). The number of carbonyl (C=O) groups is 4. The summed E-state index contributed by atoms with van der Waals surface area (Å²) in [5.74, 6) is -2.31. The second-order valence-corrected chi connectivity index (χ2v) is 17.6. The number of nitrogens with zero attached hydrogens (tertiary/aromatic N) is 6. The Labute approximate surface area is 375 Å². The molecule has 3 saturated heterocycles. The summed E-state index contributed by atoms with van der Waals surface area (Å²) in [7, 11) is 0. The fourth-order valence-electron chi connectivity index (χ4n) is 9.59. The van der Waals surface area contributed by atoms with Crippen LogP contribution in [0.3, 0.4) is 0 Å². The number of hydrogen-bond acceptors (Lipinski definition) is 9. The van der Waals surface area contributed by atoms with Crippen LogP contribution in [0.25, 0.3) is 22.0 Å². The maximum atomic E-state index is 16.5. The zero-order valence-corrected chi connectivity index (χ0v) is 37.0. The minimum Gasteiger partial charge on any atom is -0.493 e. The fraction of sp³-hybridized carbons (Fsp3) is 0.458. The maximum absolute atomic E-state index is 16.5. The SMILES string of the molecule is C/C=C(\C)C(=O)N1CCN(c2ncnc3c(F)c(-c4c(F)cccc4OCCCCCCCN4CCC(c5cc(F)cc6c5CN(C5CCC(=O)NC5=O)C6=O)CC4)c(Cl)cc23)CC1. The number of benzene rings is 3. The molecule has 16 heteroatoms. The average molecular weight is 900 g/mol. The molecule has 1 N–H and O–H groups in total. The number of aromatic nitrogens is 2. The molecule has 4 amide bonds. The molecule has 1 atom stereocenters. The standard InChI is InChI=1S/C48H53ClF3N7O5/c1-3-29(2)47(62)58-21-19-57(20-22-58)45-34-26-36(49)41(43(52)44(34)53-28-54-45)42-37(51)10-9-11-39(42)64-23-8-6-4-5-7-16-56-17-14-30(15-18-56)32-24-31(50)25-33-35(32)27-59(48(33)63)38-12-13-40(60)55-46(38)61/h3,9-11,24-26,28,30,38H,4-8,12-23,27H2,1-2H3,(H,55,60,61)/b29-3+. The molecule has 1 aromatic heterocycles. The van der Waals surface area contributed by atoms with Crippen LogP contribution in [0.2, 0.25) is 5.02 Å². The highest BCUT2D eigenvalue weighted by molar-refractivity contribution is 6.34. The smallest absolute Gasteiger partial charge is 0.255 e. The summed E-state index contributed by atoms with van der Waals surface area (Å²) in [4.78, 5) is 66.6. The van der Waals surface area contributed by atoms with Crippen LogP contribution in [-0.4, -0.2) is 107 Å². The number of imide groups is 1. The lowest BCUT2D eigenvalue weighted by atomic mass is 9.85. The lowest BCUT2D eigenvalue weighted by Crippen LogP contribution is -2.52. The number of amides is 4. The van der Waals surface area contributed by atoms with E-state index in [1.54, 1.807) is 36.1 Å². The summed E-state index contributed by atoms with van der Waals surface area (Å²) in [6, 6.07) is 8.03. The number of anilines is 1. The topological polar surface area (TPSA) is 128 Å². The zero-order valence-electron chi connectivity index (χ0n) is 36.2. The van der Waals surface area contributed by atoms with E-state index in [1.165, 1.54) is 29.4 Å². The van der Waals surface area contributed by atoms with Crippen LogP contribution in [0.15, 0.2) is 54.4 Å². The lowest BCUT2D eigenvalue weighted by molar-refractivity contribution is -0.137. The second kappa shape index (κ2) is 19.7. The van der Waals surface area contributed by atoms with Gasteiger partial charge >= 0.3 is 0 Å². The Bertz CT molecular complexity index is 2490. The third-order valence-electron chi connectivity index (χ3n) is 13.2. The number of allylic oxidation sites excluding steroid dienone is 1. The van der Waals surface area contributed by atoms with Gasteiger partial charge in [-0.1, -0.05) is 43.0 Å². The molecule has 3 aromatic carbocycles. The number of carbonyl (C=O) groups excluding carboxylic acids is 4. The highest BCUT2D eigenvalue weighted by Crippen LogP contribution is 2.43. The third-order valence-corrected chi connectivity index (χ3v) is 13.5. The van der Waals surface area contributed by atoms with E-state index in [2.05, 4.69) is 20.2 Å². The molecule has 4 aliphatic rings. The summed E-state index contributed by atoms with van der Waals surface area (Å²) in [6.07, 6.45) is 9.81. The first-order valence-electron chi connectivity index (χ1n) is 22.3. The second-order valence-electron chi connectivity index (χ2n) is 17.2. The average Bonchev–Trinajstić information content (AvgIpc) is 3.62. The number of piperidine rings is 2. The summed E-state index contributed by atoms with van der Waals surface area (Å²) in [5.41, 5.74) is 2.45. The number of piperazine rings is 1. The van der Waals surface area contributed by atoms with Crippen molar-refractivity contribution in [1.82, 2.24) is 30.0 Å². The van der Waals surface area contributed by atoms with Gasteiger partial charge in [0.1, 0.15) is 41.1 Å². The largest absolute Gasteiger partial charge is 0.493 e. The molecule has 4 aromatic rings. The molecule has 12 nitrogen and oxygen atoms in total. The van der Waals surface area contributed by atoms with Gasteiger partial charge in [-0.05, 0) is 113 Å². The number of halogens is 4. The third kappa shape index (κ3) is 9.33. The number of unbranched alkanes of at least 4 members (excludes halogenated alkanes) is 4. The van der Waals surface area contributed by atoms with Gasteiger partial charge in [-0.2, -0.15) is 0 Å². The summed E-state index contributed by atoms with van der Waals surface area (Å²) < 4.78 is 53.0. The van der Waals surface area contributed by atoms with Crippen LogP contribution in [0, 0.1) is 17.5 Å². The number of hydrogen-bond donors (Lipinski definition) is 1. The van der Waals surface area contributed by atoms with Gasteiger partial charge in [0.05, 0.1) is 17.2 Å². The predicted molar refractivity (Wildman–Crippen MR) is 238 cm³/mol. The number of nitrogens with one attached hydrogen (secondary N) is 1. The quantitative estimate of drug-likeness (QED) is 0.0762. The normalized spacial score (nSPS) is 18.8. The van der Waals surface area contributed by atoms with Crippen LogP contribution < -0.4 is 15.0 Å². The van der Waals surface area contributed by atoms with Crippen LogP contribution in [-0.2, 0) is 20.9 Å². The van der Waals surface area contributed by atoms with Crippen molar-refractivity contribution >= 4 is 52.0 Å². The van der Waals surface area contributed by atoms with E-state index >= 15 is 8.78 Å². The van der Waals surface area contributed by atoms with Crippen molar-refractivity contribution in [2.45, 2.75) is 90.1 Å². The van der Waals surface area contributed by atoms with E-state index in [1.807, 2.05) is 11.8 Å². The predicted octanol–water partition coefficient (Wildman–Crippen LogP) is 7.95. The molecule has 0 spiro atoms. The Hall–Kier alpha value is -5.54. The minimum atomic E-state index is -0.768. The highest BCUT2D eigenvalue weighted by atomic mass is 35.5. The molecule has 4 aliphatic heterocycles. The van der Waals surface area contributed by atoms with Gasteiger partial charge in [-0.3, -0.25) is 24.5 Å². The number of likely N-dealkylation sites (tertiary alicyclic amines) is 1. The van der Waals surface area contributed by atoms with Gasteiger partial charge in [-0.15, -0.1) is 0 Å². The van der Waals surface area contributed by atoms with Gasteiger partial charge in [0.15, 0.2) is 5.82 Å². The molecule has 0 radical (unpaired) electrons. The monoisotopic (exact) mass is 899 g/mol. The molecular weight excluding hydrogens is 847 g/mol. The number of ether oxygens (including phenoxy) is 1. The first-order valence-corrected chi connectivity index (χ1v) is 22.7. The molecule has 0 bridgehead atoms. The Morgan fingerprint density at radius 2 is 1.67 bits per heavy atom. The molecule has 64 heavy (non-hydrogen) atoms. The molecule has 5 heterocycles. The summed E-state index contributed by atoms with van der Waals surface area (Å²) >= 11 is 6.76. The van der Waals surface area contributed by atoms with Crippen molar-refractivity contribution in [3.63, 3.8) is 0 Å². The van der Waals surface area contributed by atoms with Gasteiger partial charge in [-0.25, -0.2) is 23.1 Å². The molecular formula is C48H53ClF3N7O5. The van der Waals surface area contributed by atoms with Crippen molar-refractivity contribution in [1.29, 1.82) is 0 Å². The first kappa shape index (κ1) is 45.0. The molecule has 0 saturated carbocycles. The van der Waals surface area contributed by atoms with Gasteiger partial charge < -0.3 is 24.3 Å². The number of fused-ring (bicyclic) bond motifs is 2. The molecule has 338 valence electrons. The van der Waals surface area contributed by atoms with Crippen LogP contribution >= 0.6 is 11.6 Å². The van der Waals surface area contributed by atoms with Gasteiger partial charge in [0, 0.05) is 61.2 Å². The van der Waals surface area contributed by atoms with Crippen molar-refractivity contribution < 1.29 is 37.1 Å². The van der Waals surface area contributed by atoms with E-state index in [0.29, 0.717) is 55.1 Å². The van der Waals surface area contributed by atoms with Crippen molar-refractivity contribution in [2.75, 3.05) is 57.3 Å². The van der Waals surface area contributed by atoms with Crippen LogP contribution in [0.4, 0.5) is 19.0 Å². The summed E-state index contributed by atoms with van der Waals surface area (Å²) in [6.45, 7) is 8.77. The van der Waals surface area contributed by atoms with Gasteiger partial charge in [0.25, 0.3) is 5.91 Å². The van der Waals surface area contributed by atoms with E-state index in [-0.39, 0.29) is 70.4 Å². The van der Waals surface area contributed by atoms with Crippen molar-refractivity contribution in [2.24, 2.45) is 0 Å². The highest BCUT2D eigenvalue weighted by Gasteiger charge is 2.41. The van der Waals surface area contributed by atoms with E-state index < -0.39 is 29.4 Å². The lowest BCUT2D eigenvalue weighted by Gasteiger charge is -2.36. The van der Waals surface area contributed by atoms with Gasteiger partial charge in [0.2, 0.25) is 17.7 Å².